The van der Waals surface area contributed by atoms with Crippen molar-refractivity contribution in [3.05, 3.63) is 23.5 Å². The van der Waals surface area contributed by atoms with Crippen LogP contribution in [-0.4, -0.2) is 17.6 Å². The predicted octanol–water partition coefficient (Wildman–Crippen LogP) is 2.49. The van der Waals surface area contributed by atoms with Crippen LogP contribution in [0.4, 0.5) is 0 Å². The number of rotatable bonds is 3. The monoisotopic (exact) mass is 228 g/mol. The Kier molecular flexibility index (Phi) is 3.94. The highest BCUT2D eigenvalue weighted by molar-refractivity contribution is 6.30. The van der Waals surface area contributed by atoms with Crippen LogP contribution < -0.4 is 10.5 Å². The van der Waals surface area contributed by atoms with Crippen LogP contribution >= 0.6 is 11.6 Å². The van der Waals surface area contributed by atoms with E-state index >= 15 is 0 Å². The molecule has 0 aliphatic heterocycles. The summed E-state index contributed by atoms with van der Waals surface area (Å²) in [5, 5.41) is 0.567. The highest BCUT2D eigenvalue weighted by atomic mass is 35.5. The van der Waals surface area contributed by atoms with E-state index in [0.29, 0.717) is 17.3 Å². The summed E-state index contributed by atoms with van der Waals surface area (Å²) < 4.78 is 5.74. The Balaban J connectivity index is 2.76. The summed E-state index contributed by atoms with van der Waals surface area (Å²) in [7, 11) is 0. The molecule has 4 heteroatoms. The van der Waals surface area contributed by atoms with Crippen molar-refractivity contribution in [2.45, 2.75) is 26.9 Å². The minimum Gasteiger partial charge on any atom is -0.487 e. The van der Waals surface area contributed by atoms with E-state index in [-0.39, 0.29) is 11.5 Å². The zero-order chi connectivity index (χ0) is 11.5. The van der Waals surface area contributed by atoms with Gasteiger partial charge in [-0.15, -0.1) is 0 Å². The Morgan fingerprint density at radius 1 is 1.47 bits per heavy atom. The molecule has 1 unspecified atom stereocenters. The standard InChI is InChI=1S/C11H17ClN2O/c1-11(2,3)10(5-13)15-9-4-8(12)6-14-7-9/h4,6-7,10H,5,13H2,1-3H3. The van der Waals surface area contributed by atoms with Crippen molar-refractivity contribution in [2.75, 3.05) is 6.54 Å². The molecule has 0 amide bonds. The molecule has 1 atom stereocenters. The Labute approximate surface area is 95.6 Å². The van der Waals surface area contributed by atoms with Gasteiger partial charge in [-0.1, -0.05) is 32.4 Å². The number of pyridine rings is 1. The normalized spacial score (nSPS) is 13.7. The highest BCUT2D eigenvalue weighted by Crippen LogP contribution is 2.25. The molecular formula is C11H17ClN2O. The van der Waals surface area contributed by atoms with Crippen LogP contribution in [0, 0.1) is 5.41 Å². The van der Waals surface area contributed by atoms with Crippen LogP contribution in [0.5, 0.6) is 5.75 Å². The van der Waals surface area contributed by atoms with Gasteiger partial charge in [-0.3, -0.25) is 4.98 Å². The van der Waals surface area contributed by atoms with Crippen LogP contribution in [0.25, 0.3) is 0 Å². The maximum absolute atomic E-state index is 5.81. The fourth-order valence-electron chi connectivity index (χ4n) is 1.20. The zero-order valence-corrected chi connectivity index (χ0v) is 10.1. The smallest absolute Gasteiger partial charge is 0.139 e. The summed E-state index contributed by atoms with van der Waals surface area (Å²) in [5.74, 6) is 0.660. The lowest BCUT2D eigenvalue weighted by molar-refractivity contribution is 0.0938. The first-order valence-electron chi connectivity index (χ1n) is 4.91. The van der Waals surface area contributed by atoms with Gasteiger partial charge in [0.2, 0.25) is 0 Å². The van der Waals surface area contributed by atoms with Crippen molar-refractivity contribution in [3.8, 4) is 5.75 Å². The largest absolute Gasteiger partial charge is 0.487 e. The van der Waals surface area contributed by atoms with Crippen LogP contribution in [-0.2, 0) is 0 Å². The Morgan fingerprint density at radius 2 is 2.13 bits per heavy atom. The lowest BCUT2D eigenvalue weighted by Crippen LogP contribution is -2.38. The van der Waals surface area contributed by atoms with Gasteiger partial charge in [-0.2, -0.15) is 0 Å². The van der Waals surface area contributed by atoms with E-state index in [0.717, 1.165) is 0 Å². The molecule has 0 bridgehead atoms. The molecule has 15 heavy (non-hydrogen) atoms. The third-order valence-electron chi connectivity index (χ3n) is 2.14. The summed E-state index contributed by atoms with van der Waals surface area (Å²) >= 11 is 5.81. The number of halogens is 1. The van der Waals surface area contributed by atoms with Crippen molar-refractivity contribution < 1.29 is 4.74 Å². The zero-order valence-electron chi connectivity index (χ0n) is 9.33. The van der Waals surface area contributed by atoms with Gasteiger partial charge in [0, 0.05) is 24.2 Å². The van der Waals surface area contributed by atoms with Crippen molar-refractivity contribution in [1.29, 1.82) is 0 Å². The van der Waals surface area contributed by atoms with E-state index < -0.39 is 0 Å². The topological polar surface area (TPSA) is 48.1 Å². The number of ether oxygens (including phenoxy) is 1. The van der Waals surface area contributed by atoms with Gasteiger partial charge in [-0.05, 0) is 0 Å². The third-order valence-corrected chi connectivity index (χ3v) is 2.34. The molecule has 1 rings (SSSR count). The summed E-state index contributed by atoms with van der Waals surface area (Å²) in [6.07, 6.45) is 3.17. The van der Waals surface area contributed by atoms with E-state index in [1.807, 2.05) is 0 Å². The van der Waals surface area contributed by atoms with Crippen molar-refractivity contribution in [1.82, 2.24) is 4.98 Å². The first-order chi connectivity index (χ1) is 6.93. The summed E-state index contributed by atoms with van der Waals surface area (Å²) in [4.78, 5) is 3.96. The van der Waals surface area contributed by atoms with E-state index in [4.69, 9.17) is 22.1 Å². The predicted molar refractivity (Wildman–Crippen MR) is 62.2 cm³/mol. The lowest BCUT2D eigenvalue weighted by Gasteiger charge is -2.29. The molecule has 84 valence electrons. The van der Waals surface area contributed by atoms with Crippen LogP contribution in [0.15, 0.2) is 18.5 Å². The summed E-state index contributed by atoms with van der Waals surface area (Å²) in [6, 6.07) is 1.74. The summed E-state index contributed by atoms with van der Waals surface area (Å²) in [5.41, 5.74) is 5.66. The molecule has 0 radical (unpaired) electrons. The van der Waals surface area contributed by atoms with Crippen molar-refractivity contribution in [2.24, 2.45) is 11.1 Å². The second kappa shape index (κ2) is 4.81. The number of aromatic nitrogens is 1. The van der Waals surface area contributed by atoms with Gasteiger partial charge in [0.15, 0.2) is 0 Å². The SMILES string of the molecule is CC(C)(C)C(CN)Oc1cncc(Cl)c1. The second-order valence-corrected chi connectivity index (χ2v) is 4.98. The Hall–Kier alpha value is -0.800. The summed E-state index contributed by atoms with van der Waals surface area (Å²) in [6.45, 7) is 6.73. The van der Waals surface area contributed by atoms with Crippen LogP contribution in [0.1, 0.15) is 20.8 Å². The quantitative estimate of drug-likeness (QED) is 0.865. The van der Waals surface area contributed by atoms with Crippen molar-refractivity contribution in [3.63, 3.8) is 0 Å². The maximum atomic E-state index is 5.81. The molecule has 0 saturated carbocycles. The minimum absolute atomic E-state index is 0.00291. The minimum atomic E-state index is -0.0437. The van der Waals surface area contributed by atoms with E-state index in [2.05, 4.69) is 25.8 Å². The van der Waals surface area contributed by atoms with Gasteiger partial charge in [-0.25, -0.2) is 0 Å². The molecule has 0 spiro atoms. The van der Waals surface area contributed by atoms with Crippen LogP contribution in [0.3, 0.4) is 0 Å². The van der Waals surface area contributed by atoms with Crippen molar-refractivity contribution >= 4 is 11.6 Å². The molecule has 0 fully saturated rings. The molecule has 1 heterocycles. The third kappa shape index (κ3) is 3.68. The molecule has 0 saturated heterocycles. The molecular weight excluding hydrogens is 212 g/mol. The average Bonchev–Trinajstić information content (AvgIpc) is 2.12. The van der Waals surface area contributed by atoms with E-state index in [1.54, 1.807) is 18.5 Å². The maximum Gasteiger partial charge on any atom is 0.139 e. The second-order valence-electron chi connectivity index (χ2n) is 4.55. The van der Waals surface area contributed by atoms with Gasteiger partial charge in [0.25, 0.3) is 0 Å². The molecule has 2 N–H and O–H groups in total. The Morgan fingerprint density at radius 3 is 2.60 bits per heavy atom. The first kappa shape index (κ1) is 12.3. The molecule has 0 aromatic carbocycles. The average molecular weight is 229 g/mol. The molecule has 0 aliphatic carbocycles. The Bertz CT molecular complexity index is 323. The number of nitrogens with two attached hydrogens (primary N) is 1. The van der Waals surface area contributed by atoms with Gasteiger partial charge < -0.3 is 10.5 Å². The highest BCUT2D eigenvalue weighted by Gasteiger charge is 2.25. The van der Waals surface area contributed by atoms with Gasteiger partial charge in [0.1, 0.15) is 11.9 Å². The number of hydrogen-bond acceptors (Lipinski definition) is 3. The first-order valence-corrected chi connectivity index (χ1v) is 5.28. The number of nitrogens with zero attached hydrogens (tertiary/aromatic N) is 1. The lowest BCUT2D eigenvalue weighted by atomic mass is 9.89. The molecule has 3 nitrogen and oxygen atoms in total. The van der Waals surface area contributed by atoms with Gasteiger partial charge >= 0.3 is 0 Å². The number of hydrogen-bond donors (Lipinski definition) is 1. The molecule has 1 aromatic heterocycles. The van der Waals surface area contributed by atoms with E-state index in [9.17, 15) is 0 Å². The fourth-order valence-corrected chi connectivity index (χ4v) is 1.36. The van der Waals surface area contributed by atoms with E-state index in [1.165, 1.54) is 0 Å². The van der Waals surface area contributed by atoms with Crippen LogP contribution in [0.2, 0.25) is 5.02 Å². The molecule has 0 aliphatic rings. The van der Waals surface area contributed by atoms with Gasteiger partial charge in [0.05, 0.1) is 11.2 Å². The fraction of sp³-hybridized carbons (Fsp3) is 0.545. The molecule has 1 aromatic rings.